The van der Waals surface area contributed by atoms with Crippen molar-refractivity contribution in [3.8, 4) is 0 Å². The van der Waals surface area contributed by atoms with Gasteiger partial charge in [-0.2, -0.15) is 0 Å². The molecule has 0 spiro atoms. The number of aromatic nitrogens is 1. The lowest BCUT2D eigenvalue weighted by Crippen LogP contribution is -2.48. The Balaban J connectivity index is 2.19. The Bertz CT molecular complexity index is 409. The SMILES string of the molecule is CCCC1CCC(NC(C)C)(c2nc(C)c(C)s2)CC1. The van der Waals surface area contributed by atoms with Crippen LogP contribution >= 0.6 is 11.3 Å². The summed E-state index contributed by atoms with van der Waals surface area (Å²) in [5.74, 6) is 0.934. The smallest absolute Gasteiger partial charge is 0.113 e. The molecule has 0 aliphatic heterocycles. The van der Waals surface area contributed by atoms with Crippen LogP contribution < -0.4 is 5.32 Å². The summed E-state index contributed by atoms with van der Waals surface area (Å²) in [6.45, 7) is 11.2. The van der Waals surface area contributed by atoms with Crippen LogP contribution in [0.4, 0.5) is 0 Å². The highest BCUT2D eigenvalue weighted by atomic mass is 32.1. The molecule has 1 aromatic rings. The molecule has 1 aromatic heterocycles. The maximum Gasteiger partial charge on any atom is 0.113 e. The quantitative estimate of drug-likeness (QED) is 0.831. The number of hydrogen-bond donors (Lipinski definition) is 1. The van der Waals surface area contributed by atoms with E-state index in [1.165, 1.54) is 54.1 Å². The summed E-state index contributed by atoms with van der Waals surface area (Å²) in [6.07, 6.45) is 7.93. The van der Waals surface area contributed by atoms with Gasteiger partial charge in [0.05, 0.1) is 11.2 Å². The molecular weight excluding hydrogens is 264 g/mol. The van der Waals surface area contributed by atoms with Crippen molar-refractivity contribution in [3.63, 3.8) is 0 Å². The van der Waals surface area contributed by atoms with Gasteiger partial charge in [0.25, 0.3) is 0 Å². The molecule has 3 heteroatoms. The molecular formula is C17H30N2S. The summed E-state index contributed by atoms with van der Waals surface area (Å²) in [4.78, 5) is 6.26. The third-order valence-electron chi connectivity index (χ3n) is 4.66. The topological polar surface area (TPSA) is 24.9 Å². The first kappa shape index (κ1) is 16.0. The van der Waals surface area contributed by atoms with E-state index in [1.807, 2.05) is 11.3 Å². The van der Waals surface area contributed by atoms with Crippen LogP contribution in [0.25, 0.3) is 0 Å². The lowest BCUT2D eigenvalue weighted by Gasteiger charge is -2.41. The number of rotatable bonds is 5. The van der Waals surface area contributed by atoms with Gasteiger partial charge in [-0.3, -0.25) is 0 Å². The van der Waals surface area contributed by atoms with Crippen LogP contribution in [0.15, 0.2) is 0 Å². The highest BCUT2D eigenvalue weighted by Crippen LogP contribution is 2.43. The lowest BCUT2D eigenvalue weighted by molar-refractivity contribution is 0.170. The molecule has 0 atom stereocenters. The molecule has 0 unspecified atom stereocenters. The minimum atomic E-state index is 0.141. The first-order chi connectivity index (χ1) is 9.47. The zero-order valence-electron chi connectivity index (χ0n) is 13.8. The summed E-state index contributed by atoms with van der Waals surface area (Å²) in [5.41, 5.74) is 1.35. The first-order valence-electron chi connectivity index (χ1n) is 8.19. The van der Waals surface area contributed by atoms with E-state index in [2.05, 4.69) is 39.9 Å². The van der Waals surface area contributed by atoms with E-state index in [1.54, 1.807) is 0 Å². The summed E-state index contributed by atoms with van der Waals surface area (Å²) < 4.78 is 0. The zero-order chi connectivity index (χ0) is 14.8. The molecule has 1 aliphatic carbocycles. The maximum absolute atomic E-state index is 4.89. The van der Waals surface area contributed by atoms with Gasteiger partial charge in [0.1, 0.15) is 5.01 Å². The lowest BCUT2D eigenvalue weighted by atomic mass is 9.75. The highest BCUT2D eigenvalue weighted by Gasteiger charge is 2.39. The molecule has 1 saturated carbocycles. The number of nitrogens with one attached hydrogen (secondary N) is 1. The monoisotopic (exact) mass is 294 g/mol. The van der Waals surface area contributed by atoms with Crippen LogP contribution in [0.1, 0.15) is 74.9 Å². The minimum Gasteiger partial charge on any atom is -0.303 e. The molecule has 2 rings (SSSR count). The second-order valence-corrected chi connectivity index (χ2v) is 7.98. The van der Waals surface area contributed by atoms with Crippen molar-refractivity contribution in [3.05, 3.63) is 15.6 Å². The van der Waals surface area contributed by atoms with Crippen LogP contribution in [-0.2, 0) is 5.54 Å². The summed E-state index contributed by atoms with van der Waals surface area (Å²) >= 11 is 1.90. The molecule has 1 heterocycles. The van der Waals surface area contributed by atoms with Gasteiger partial charge in [-0.05, 0) is 59.3 Å². The van der Waals surface area contributed by atoms with Gasteiger partial charge in [0.2, 0.25) is 0 Å². The van der Waals surface area contributed by atoms with Gasteiger partial charge in [0.15, 0.2) is 0 Å². The van der Waals surface area contributed by atoms with Crippen LogP contribution in [0.3, 0.4) is 0 Å². The average molecular weight is 295 g/mol. The second kappa shape index (κ2) is 6.57. The van der Waals surface area contributed by atoms with Crippen LogP contribution in [0, 0.1) is 19.8 Å². The van der Waals surface area contributed by atoms with Crippen molar-refractivity contribution in [2.24, 2.45) is 5.92 Å². The van der Waals surface area contributed by atoms with Crippen LogP contribution in [0.2, 0.25) is 0 Å². The van der Waals surface area contributed by atoms with E-state index in [9.17, 15) is 0 Å². The van der Waals surface area contributed by atoms with Gasteiger partial charge < -0.3 is 5.32 Å². The Labute approximate surface area is 128 Å². The molecule has 1 fully saturated rings. The third-order valence-corrected chi connectivity index (χ3v) is 5.94. The first-order valence-corrected chi connectivity index (χ1v) is 9.00. The standard InChI is InChI=1S/C17H30N2S/c1-6-7-15-8-10-17(11-9-15,19-12(2)3)16-18-13(4)14(5)20-16/h12,15,19H,6-11H2,1-5H3. The van der Waals surface area contributed by atoms with Crippen molar-refractivity contribution in [2.75, 3.05) is 0 Å². The highest BCUT2D eigenvalue weighted by molar-refractivity contribution is 7.11. The van der Waals surface area contributed by atoms with Crippen molar-refractivity contribution in [2.45, 2.75) is 84.7 Å². The fourth-order valence-electron chi connectivity index (χ4n) is 3.52. The second-order valence-electron chi connectivity index (χ2n) is 6.77. The molecule has 0 bridgehead atoms. The predicted octanol–water partition coefficient (Wildman–Crippen LogP) is 4.94. The zero-order valence-corrected chi connectivity index (χ0v) is 14.6. The summed E-state index contributed by atoms with van der Waals surface area (Å²) in [6, 6.07) is 0.516. The maximum atomic E-state index is 4.89. The Morgan fingerprint density at radius 2 is 1.95 bits per heavy atom. The van der Waals surface area contributed by atoms with E-state index in [-0.39, 0.29) is 5.54 Å². The van der Waals surface area contributed by atoms with Gasteiger partial charge in [-0.25, -0.2) is 4.98 Å². The van der Waals surface area contributed by atoms with E-state index < -0.39 is 0 Å². The molecule has 0 amide bonds. The Hall–Kier alpha value is -0.410. The van der Waals surface area contributed by atoms with Gasteiger partial charge >= 0.3 is 0 Å². The Kier molecular flexibility index (Phi) is 5.25. The van der Waals surface area contributed by atoms with Crippen molar-refractivity contribution >= 4 is 11.3 Å². The Morgan fingerprint density at radius 1 is 1.30 bits per heavy atom. The molecule has 20 heavy (non-hydrogen) atoms. The predicted molar refractivity (Wildman–Crippen MR) is 88.4 cm³/mol. The number of thiazole rings is 1. The van der Waals surface area contributed by atoms with Crippen LogP contribution in [-0.4, -0.2) is 11.0 Å². The molecule has 1 N–H and O–H groups in total. The normalized spacial score (nSPS) is 27.2. The van der Waals surface area contributed by atoms with Crippen molar-refractivity contribution < 1.29 is 0 Å². The molecule has 0 saturated heterocycles. The minimum absolute atomic E-state index is 0.141. The largest absolute Gasteiger partial charge is 0.303 e. The van der Waals surface area contributed by atoms with Crippen LogP contribution in [0.5, 0.6) is 0 Å². The van der Waals surface area contributed by atoms with E-state index in [0.29, 0.717) is 6.04 Å². The summed E-state index contributed by atoms with van der Waals surface area (Å²) in [7, 11) is 0. The third kappa shape index (κ3) is 3.43. The van der Waals surface area contributed by atoms with E-state index in [0.717, 1.165) is 5.92 Å². The van der Waals surface area contributed by atoms with Crippen molar-refractivity contribution in [1.29, 1.82) is 0 Å². The van der Waals surface area contributed by atoms with E-state index >= 15 is 0 Å². The van der Waals surface area contributed by atoms with Gasteiger partial charge in [-0.1, -0.05) is 19.8 Å². The fourth-order valence-corrected chi connectivity index (χ4v) is 4.64. The van der Waals surface area contributed by atoms with Gasteiger partial charge in [-0.15, -0.1) is 11.3 Å². The number of nitrogens with zero attached hydrogens (tertiary/aromatic N) is 1. The van der Waals surface area contributed by atoms with Crippen molar-refractivity contribution in [1.82, 2.24) is 10.3 Å². The number of hydrogen-bond acceptors (Lipinski definition) is 3. The average Bonchev–Trinajstić information content (AvgIpc) is 2.72. The Morgan fingerprint density at radius 3 is 2.40 bits per heavy atom. The van der Waals surface area contributed by atoms with Gasteiger partial charge in [0, 0.05) is 10.9 Å². The number of aryl methyl sites for hydroxylation is 2. The molecule has 0 aromatic carbocycles. The molecule has 2 nitrogen and oxygen atoms in total. The molecule has 0 radical (unpaired) electrons. The molecule has 114 valence electrons. The summed E-state index contributed by atoms with van der Waals surface area (Å²) in [5, 5.41) is 5.19. The fraction of sp³-hybridized carbons (Fsp3) is 0.824. The van der Waals surface area contributed by atoms with E-state index in [4.69, 9.17) is 4.98 Å². The molecule has 1 aliphatic rings.